The Morgan fingerprint density at radius 3 is 2.43 bits per heavy atom. The zero-order valence-electron chi connectivity index (χ0n) is 11.9. The summed E-state index contributed by atoms with van der Waals surface area (Å²) in [6.07, 6.45) is -0.0943. The molecule has 0 aromatic heterocycles. The van der Waals surface area contributed by atoms with Crippen LogP contribution in [-0.2, 0) is 14.3 Å². The van der Waals surface area contributed by atoms with E-state index >= 15 is 0 Å². The van der Waals surface area contributed by atoms with Crippen LogP contribution in [0.3, 0.4) is 0 Å². The first-order chi connectivity index (χ1) is 9.88. The van der Waals surface area contributed by atoms with Crippen LogP contribution < -0.4 is 4.90 Å². The number of carbonyl (C=O) groups excluding carboxylic acids is 2. The molecule has 1 amide bonds. The van der Waals surface area contributed by atoms with Crippen LogP contribution in [0.2, 0.25) is 0 Å². The lowest BCUT2D eigenvalue weighted by atomic mass is 10.1. The lowest BCUT2D eigenvalue weighted by Crippen LogP contribution is -2.27. The highest BCUT2D eigenvalue weighted by Gasteiger charge is 2.36. The first-order valence-corrected chi connectivity index (χ1v) is 6.72. The minimum absolute atomic E-state index is 0.117. The van der Waals surface area contributed by atoms with Crippen LogP contribution in [0.4, 0.5) is 5.69 Å². The van der Waals surface area contributed by atoms with Crippen molar-refractivity contribution in [1.29, 1.82) is 0 Å². The molecular weight excluding hydrogens is 274 g/mol. The number of benzene rings is 1. The number of ether oxygens (including phenoxy) is 1. The van der Waals surface area contributed by atoms with Gasteiger partial charge in [-0.05, 0) is 38.1 Å². The standard InChI is InChI=1S/C15H17NO5/c1-9(2)21-15(20)11-7-13(17)16(8-11)12-5-3-10(4-6-12)14(18)19/h3-6,9,11H,7-8H2,1-2H3,(H,18,19)/t11-/m1/s1. The van der Waals surface area contributed by atoms with Crippen LogP contribution in [0, 0.1) is 5.92 Å². The highest BCUT2D eigenvalue weighted by atomic mass is 16.5. The molecule has 1 aromatic rings. The average Bonchev–Trinajstić information content (AvgIpc) is 2.80. The fourth-order valence-corrected chi connectivity index (χ4v) is 2.23. The van der Waals surface area contributed by atoms with E-state index in [0.29, 0.717) is 5.69 Å². The van der Waals surface area contributed by atoms with Crippen molar-refractivity contribution in [2.24, 2.45) is 5.92 Å². The molecule has 1 N–H and O–H groups in total. The number of esters is 1. The summed E-state index contributed by atoms with van der Waals surface area (Å²) < 4.78 is 5.12. The molecule has 6 heteroatoms. The van der Waals surface area contributed by atoms with Crippen molar-refractivity contribution in [2.75, 3.05) is 11.4 Å². The summed E-state index contributed by atoms with van der Waals surface area (Å²) in [6, 6.07) is 6.00. The largest absolute Gasteiger partial charge is 0.478 e. The summed E-state index contributed by atoms with van der Waals surface area (Å²) in [5.41, 5.74) is 0.742. The Balaban J connectivity index is 2.09. The second-order valence-electron chi connectivity index (χ2n) is 5.24. The van der Waals surface area contributed by atoms with E-state index in [1.165, 1.54) is 17.0 Å². The first kappa shape index (κ1) is 15.0. The maximum absolute atomic E-state index is 12.0. The molecule has 21 heavy (non-hydrogen) atoms. The molecule has 1 atom stereocenters. The second-order valence-corrected chi connectivity index (χ2v) is 5.24. The molecule has 0 saturated carbocycles. The Hall–Kier alpha value is -2.37. The van der Waals surface area contributed by atoms with Crippen molar-refractivity contribution in [3.63, 3.8) is 0 Å². The second kappa shape index (κ2) is 5.95. The molecule has 0 radical (unpaired) electrons. The van der Waals surface area contributed by atoms with E-state index in [2.05, 4.69) is 0 Å². The topological polar surface area (TPSA) is 83.9 Å². The Morgan fingerprint density at radius 1 is 1.29 bits per heavy atom. The summed E-state index contributed by atoms with van der Waals surface area (Å²) in [6.45, 7) is 3.78. The molecule has 2 rings (SSSR count). The van der Waals surface area contributed by atoms with Gasteiger partial charge in [-0.1, -0.05) is 0 Å². The number of hydrogen-bond acceptors (Lipinski definition) is 4. The molecule has 1 aromatic carbocycles. The number of anilines is 1. The Kier molecular flexibility index (Phi) is 4.26. The number of amides is 1. The molecule has 1 saturated heterocycles. The Bertz CT molecular complexity index is 564. The van der Waals surface area contributed by atoms with Crippen LogP contribution >= 0.6 is 0 Å². The number of carbonyl (C=O) groups is 3. The van der Waals surface area contributed by atoms with E-state index in [1.807, 2.05) is 0 Å². The third kappa shape index (κ3) is 3.39. The molecule has 0 bridgehead atoms. The maximum Gasteiger partial charge on any atom is 0.335 e. The Labute approximate surface area is 122 Å². The lowest BCUT2D eigenvalue weighted by Gasteiger charge is -2.17. The first-order valence-electron chi connectivity index (χ1n) is 6.72. The number of nitrogens with zero attached hydrogens (tertiary/aromatic N) is 1. The van der Waals surface area contributed by atoms with Gasteiger partial charge in [-0.15, -0.1) is 0 Å². The van der Waals surface area contributed by atoms with Gasteiger partial charge in [0, 0.05) is 18.7 Å². The van der Waals surface area contributed by atoms with Gasteiger partial charge in [-0.25, -0.2) is 4.79 Å². The third-order valence-corrected chi connectivity index (χ3v) is 3.24. The van der Waals surface area contributed by atoms with E-state index in [4.69, 9.17) is 9.84 Å². The SMILES string of the molecule is CC(C)OC(=O)[C@@H]1CC(=O)N(c2ccc(C(=O)O)cc2)C1. The van der Waals surface area contributed by atoms with Gasteiger partial charge in [0.2, 0.25) is 5.91 Å². The predicted octanol–water partition coefficient (Wildman–Crippen LogP) is 1.69. The normalized spacial score (nSPS) is 18.1. The minimum atomic E-state index is -1.02. The van der Waals surface area contributed by atoms with Crippen molar-refractivity contribution in [3.05, 3.63) is 29.8 Å². The number of carboxylic acid groups (broad SMARTS) is 1. The molecular formula is C15H17NO5. The number of rotatable bonds is 4. The van der Waals surface area contributed by atoms with Gasteiger partial charge in [0.05, 0.1) is 17.6 Å². The van der Waals surface area contributed by atoms with Gasteiger partial charge in [-0.3, -0.25) is 9.59 Å². The summed E-state index contributed by atoms with van der Waals surface area (Å²) in [5, 5.41) is 8.85. The maximum atomic E-state index is 12.0. The summed E-state index contributed by atoms with van der Waals surface area (Å²) in [5.74, 6) is -2.03. The van der Waals surface area contributed by atoms with E-state index < -0.39 is 11.9 Å². The van der Waals surface area contributed by atoms with Crippen molar-refractivity contribution < 1.29 is 24.2 Å². The van der Waals surface area contributed by atoms with Crippen LogP contribution in [0.15, 0.2) is 24.3 Å². The quantitative estimate of drug-likeness (QED) is 0.853. The van der Waals surface area contributed by atoms with Gasteiger partial charge in [0.15, 0.2) is 0 Å². The van der Waals surface area contributed by atoms with Crippen LogP contribution in [0.5, 0.6) is 0 Å². The molecule has 1 heterocycles. The van der Waals surface area contributed by atoms with Gasteiger partial charge >= 0.3 is 11.9 Å². The van der Waals surface area contributed by atoms with Gasteiger partial charge in [0.1, 0.15) is 0 Å². The predicted molar refractivity (Wildman–Crippen MR) is 75.1 cm³/mol. The van der Waals surface area contributed by atoms with Crippen molar-refractivity contribution >= 4 is 23.5 Å². The fourth-order valence-electron chi connectivity index (χ4n) is 2.23. The van der Waals surface area contributed by atoms with Gasteiger partial charge in [-0.2, -0.15) is 0 Å². The molecule has 0 spiro atoms. The number of aromatic carboxylic acids is 1. The van der Waals surface area contributed by atoms with Crippen molar-refractivity contribution in [3.8, 4) is 0 Å². The summed E-state index contributed by atoms with van der Waals surface area (Å²) in [4.78, 5) is 36.1. The van der Waals surface area contributed by atoms with Gasteiger partial charge < -0.3 is 14.7 Å². The zero-order valence-corrected chi connectivity index (χ0v) is 11.9. The highest BCUT2D eigenvalue weighted by molar-refractivity contribution is 5.99. The third-order valence-electron chi connectivity index (χ3n) is 3.24. The highest BCUT2D eigenvalue weighted by Crippen LogP contribution is 2.26. The Morgan fingerprint density at radius 2 is 1.90 bits per heavy atom. The van der Waals surface area contributed by atoms with Gasteiger partial charge in [0.25, 0.3) is 0 Å². The zero-order chi connectivity index (χ0) is 15.6. The van der Waals surface area contributed by atoms with Crippen LogP contribution in [-0.4, -0.2) is 35.6 Å². The van der Waals surface area contributed by atoms with E-state index in [-0.39, 0.29) is 36.5 Å². The smallest absolute Gasteiger partial charge is 0.335 e. The summed E-state index contributed by atoms with van der Waals surface area (Å²) >= 11 is 0. The van der Waals surface area contributed by atoms with E-state index in [0.717, 1.165) is 0 Å². The molecule has 1 aliphatic heterocycles. The molecule has 1 aliphatic rings. The molecule has 1 fully saturated rings. The molecule has 6 nitrogen and oxygen atoms in total. The summed E-state index contributed by atoms with van der Waals surface area (Å²) in [7, 11) is 0. The van der Waals surface area contributed by atoms with E-state index in [9.17, 15) is 14.4 Å². The number of carboxylic acids is 1. The molecule has 0 aliphatic carbocycles. The monoisotopic (exact) mass is 291 g/mol. The van der Waals surface area contributed by atoms with Crippen molar-refractivity contribution in [2.45, 2.75) is 26.4 Å². The average molecular weight is 291 g/mol. The molecule has 0 unspecified atom stereocenters. The molecule has 112 valence electrons. The lowest BCUT2D eigenvalue weighted by molar-refractivity contribution is -0.152. The van der Waals surface area contributed by atoms with Crippen LogP contribution in [0.25, 0.3) is 0 Å². The van der Waals surface area contributed by atoms with E-state index in [1.54, 1.807) is 26.0 Å². The number of hydrogen-bond donors (Lipinski definition) is 1. The van der Waals surface area contributed by atoms with Crippen molar-refractivity contribution in [1.82, 2.24) is 0 Å². The van der Waals surface area contributed by atoms with Crippen LogP contribution in [0.1, 0.15) is 30.6 Å². The minimum Gasteiger partial charge on any atom is -0.478 e. The fraction of sp³-hybridized carbons (Fsp3) is 0.400.